The van der Waals surface area contributed by atoms with Crippen LogP contribution in [0.2, 0.25) is 0 Å². The van der Waals surface area contributed by atoms with Gasteiger partial charge in [0.2, 0.25) is 0 Å². The number of furan rings is 1. The number of hydrogen-bond acceptors (Lipinski definition) is 7. The minimum Gasteiger partial charge on any atom is -0.455 e. The Hall–Kier alpha value is -4.53. The summed E-state index contributed by atoms with van der Waals surface area (Å²) in [6, 6.07) is 13.7. The second-order valence-electron chi connectivity index (χ2n) is 11.6. The molecule has 6 rings (SSSR count). The molecule has 1 amide bonds. The number of hydrogen-bond donors (Lipinski definition) is 2. The molecule has 1 atom stereocenters. The number of amides is 1. The molecule has 242 valence electrons. The number of halogens is 4. The number of carbonyl (C=O) groups is 1. The number of likely N-dealkylation sites (tertiary alicyclic amines) is 1. The first-order valence-corrected chi connectivity index (χ1v) is 14.6. The molecule has 14 heteroatoms. The maximum atomic E-state index is 15.0. The molecule has 4 N–H and O–H groups in total. The van der Waals surface area contributed by atoms with E-state index in [-0.39, 0.29) is 30.2 Å². The van der Waals surface area contributed by atoms with Gasteiger partial charge in [-0.15, -0.1) is 0 Å². The quantitative estimate of drug-likeness (QED) is 0.280. The number of fused-ring (bicyclic) bond motifs is 2. The minimum absolute atomic E-state index is 0.0345. The van der Waals surface area contributed by atoms with Crippen LogP contribution in [-0.2, 0) is 42.8 Å². The van der Waals surface area contributed by atoms with E-state index in [0.29, 0.717) is 43.8 Å². The molecule has 4 aromatic rings. The summed E-state index contributed by atoms with van der Waals surface area (Å²) in [4.78, 5) is 41.5. The van der Waals surface area contributed by atoms with Crippen LogP contribution in [0.5, 0.6) is 0 Å². The van der Waals surface area contributed by atoms with Crippen molar-refractivity contribution >= 4 is 5.91 Å². The molecule has 46 heavy (non-hydrogen) atoms. The largest absolute Gasteiger partial charge is 0.455 e. The van der Waals surface area contributed by atoms with Crippen LogP contribution in [0.1, 0.15) is 63.1 Å². The highest BCUT2D eigenvalue weighted by atomic mass is 19.4. The number of benzene rings is 2. The Kier molecular flexibility index (Phi) is 8.21. The molecule has 10 nitrogen and oxygen atoms in total. The van der Waals surface area contributed by atoms with Crippen LogP contribution in [0.25, 0.3) is 0 Å². The standard InChI is InChI=1S/C32H31F4N5O5/c33-23-8-4-7-22(32(34,35)36)21(23)16-40-25-18-45-31(11-13-39(14-12-31)15-20-9-10-26(46-20)28(38)42)27(25)29(43)41(30(40)44)17-24(37)19-5-2-1-3-6-19/h1-10,24H,11-18,37H2,(H2,38,42). The number of nitrogens with two attached hydrogens (primary N) is 2. The van der Waals surface area contributed by atoms with Gasteiger partial charge in [-0.3, -0.25) is 23.6 Å². The third kappa shape index (κ3) is 5.79. The van der Waals surface area contributed by atoms with Crippen molar-refractivity contribution < 1.29 is 31.5 Å². The van der Waals surface area contributed by atoms with Gasteiger partial charge in [0, 0.05) is 24.7 Å². The van der Waals surface area contributed by atoms with E-state index < -0.39 is 58.5 Å². The zero-order valence-electron chi connectivity index (χ0n) is 24.6. The van der Waals surface area contributed by atoms with E-state index in [0.717, 1.165) is 27.3 Å². The molecule has 2 aliphatic rings. The second kappa shape index (κ2) is 12.0. The van der Waals surface area contributed by atoms with Crippen molar-refractivity contribution in [2.75, 3.05) is 13.1 Å². The summed E-state index contributed by atoms with van der Waals surface area (Å²) >= 11 is 0. The molecule has 0 bridgehead atoms. The Morgan fingerprint density at radius 2 is 1.67 bits per heavy atom. The molecule has 1 spiro atoms. The maximum absolute atomic E-state index is 15.0. The first-order valence-electron chi connectivity index (χ1n) is 14.6. The van der Waals surface area contributed by atoms with Crippen molar-refractivity contribution in [1.82, 2.24) is 14.0 Å². The van der Waals surface area contributed by atoms with Crippen LogP contribution in [0.3, 0.4) is 0 Å². The fraction of sp³-hybridized carbons (Fsp3) is 0.344. The van der Waals surface area contributed by atoms with Crippen molar-refractivity contribution in [3.8, 4) is 0 Å². The van der Waals surface area contributed by atoms with E-state index in [9.17, 15) is 27.6 Å². The molecule has 4 heterocycles. The fourth-order valence-electron chi connectivity index (χ4n) is 6.38. The van der Waals surface area contributed by atoms with Crippen LogP contribution < -0.4 is 22.7 Å². The van der Waals surface area contributed by atoms with E-state index in [2.05, 4.69) is 0 Å². The van der Waals surface area contributed by atoms with E-state index >= 15 is 4.39 Å². The Balaban J connectivity index is 1.40. The predicted octanol–water partition coefficient (Wildman–Crippen LogP) is 3.63. The molecule has 1 unspecified atom stereocenters. The summed E-state index contributed by atoms with van der Waals surface area (Å²) in [5.74, 6) is -1.26. The van der Waals surface area contributed by atoms with Gasteiger partial charge < -0.3 is 20.6 Å². The Morgan fingerprint density at radius 1 is 0.957 bits per heavy atom. The lowest BCUT2D eigenvalue weighted by molar-refractivity contribution is -0.138. The van der Waals surface area contributed by atoms with Crippen LogP contribution >= 0.6 is 0 Å². The number of carbonyl (C=O) groups excluding carboxylic acids is 1. The summed E-state index contributed by atoms with van der Waals surface area (Å²) in [7, 11) is 0. The topological polar surface area (TPSA) is 139 Å². The number of piperidine rings is 1. The summed E-state index contributed by atoms with van der Waals surface area (Å²) in [6.45, 7) is -0.0306. The minimum atomic E-state index is -4.88. The van der Waals surface area contributed by atoms with Crippen molar-refractivity contribution in [3.63, 3.8) is 0 Å². The lowest BCUT2D eigenvalue weighted by atomic mass is 9.85. The molecule has 2 aromatic carbocycles. The molecule has 1 fully saturated rings. The second-order valence-corrected chi connectivity index (χ2v) is 11.6. The molecule has 2 aliphatic heterocycles. The molecule has 0 saturated carbocycles. The van der Waals surface area contributed by atoms with Gasteiger partial charge in [-0.25, -0.2) is 9.18 Å². The predicted molar refractivity (Wildman–Crippen MR) is 157 cm³/mol. The smallest absolute Gasteiger partial charge is 0.416 e. The Bertz CT molecular complexity index is 1890. The summed E-state index contributed by atoms with van der Waals surface area (Å²) < 4.78 is 70.5. The highest BCUT2D eigenvalue weighted by molar-refractivity contribution is 5.89. The first-order chi connectivity index (χ1) is 21.9. The monoisotopic (exact) mass is 641 g/mol. The Labute approximate surface area is 259 Å². The van der Waals surface area contributed by atoms with E-state index in [1.54, 1.807) is 36.4 Å². The third-order valence-corrected chi connectivity index (χ3v) is 8.77. The van der Waals surface area contributed by atoms with Crippen molar-refractivity contribution in [2.45, 2.75) is 56.9 Å². The van der Waals surface area contributed by atoms with Crippen molar-refractivity contribution in [2.24, 2.45) is 11.5 Å². The van der Waals surface area contributed by atoms with Crippen LogP contribution in [0, 0.1) is 5.82 Å². The van der Waals surface area contributed by atoms with Gasteiger partial charge in [0.05, 0.1) is 43.1 Å². The van der Waals surface area contributed by atoms with Gasteiger partial charge in [-0.1, -0.05) is 36.4 Å². The third-order valence-electron chi connectivity index (χ3n) is 8.77. The highest BCUT2D eigenvalue weighted by Crippen LogP contribution is 2.43. The van der Waals surface area contributed by atoms with Crippen LogP contribution in [0.15, 0.2) is 74.7 Å². The van der Waals surface area contributed by atoms with Gasteiger partial charge >= 0.3 is 11.9 Å². The lowest BCUT2D eigenvalue weighted by Gasteiger charge is -2.38. The number of alkyl halides is 3. The summed E-state index contributed by atoms with van der Waals surface area (Å²) in [5.41, 5.74) is 7.97. The number of aromatic nitrogens is 2. The lowest BCUT2D eigenvalue weighted by Crippen LogP contribution is -2.49. The van der Waals surface area contributed by atoms with Crippen LogP contribution in [0.4, 0.5) is 17.6 Å². The summed E-state index contributed by atoms with van der Waals surface area (Å²) in [5, 5.41) is 0. The van der Waals surface area contributed by atoms with Gasteiger partial charge in [-0.2, -0.15) is 13.2 Å². The number of rotatable bonds is 8. The molecule has 1 saturated heterocycles. The van der Waals surface area contributed by atoms with Gasteiger partial charge in [-0.05, 0) is 42.7 Å². The normalized spacial score (nSPS) is 16.9. The number of nitrogens with zero attached hydrogens (tertiary/aromatic N) is 3. The van der Waals surface area contributed by atoms with Gasteiger partial charge in [0.15, 0.2) is 5.76 Å². The molecule has 0 aliphatic carbocycles. The zero-order valence-corrected chi connectivity index (χ0v) is 24.6. The SMILES string of the molecule is NC(=O)c1ccc(CN2CCC3(CC2)OCc2c3c(=O)n(CC(N)c3ccccc3)c(=O)n2Cc2c(F)cccc2C(F)(F)F)o1. The van der Waals surface area contributed by atoms with Gasteiger partial charge in [0.1, 0.15) is 17.2 Å². The van der Waals surface area contributed by atoms with E-state index in [4.69, 9.17) is 20.6 Å². The van der Waals surface area contributed by atoms with Crippen molar-refractivity contribution in [3.05, 3.63) is 127 Å². The highest BCUT2D eigenvalue weighted by Gasteiger charge is 2.47. The maximum Gasteiger partial charge on any atom is 0.416 e. The fourth-order valence-corrected chi connectivity index (χ4v) is 6.38. The molecule has 0 radical (unpaired) electrons. The Morgan fingerprint density at radius 3 is 2.33 bits per heavy atom. The molecule has 2 aromatic heterocycles. The first kappa shape index (κ1) is 31.5. The molecular formula is C32H31F4N5O5. The van der Waals surface area contributed by atoms with E-state index in [1.807, 2.05) is 4.90 Å². The van der Waals surface area contributed by atoms with Crippen LogP contribution in [-0.4, -0.2) is 33.0 Å². The number of ether oxygens (including phenoxy) is 1. The number of primary amides is 1. The zero-order chi connectivity index (χ0) is 32.8. The van der Waals surface area contributed by atoms with E-state index in [1.165, 1.54) is 6.07 Å². The molecular weight excluding hydrogens is 610 g/mol. The summed E-state index contributed by atoms with van der Waals surface area (Å²) in [6.07, 6.45) is -4.25. The average molecular weight is 642 g/mol. The van der Waals surface area contributed by atoms with Gasteiger partial charge in [0.25, 0.3) is 11.5 Å². The van der Waals surface area contributed by atoms with Crippen molar-refractivity contribution in [1.29, 1.82) is 0 Å². The average Bonchev–Trinajstić information content (AvgIpc) is 3.64.